The zero-order valence-electron chi connectivity index (χ0n) is 15.9. The molecule has 0 unspecified atom stereocenters. The van der Waals surface area contributed by atoms with E-state index in [1.54, 1.807) is 24.3 Å². The third-order valence-electron chi connectivity index (χ3n) is 4.36. The molecule has 5 heteroatoms. The number of non-ortho nitro benzene ring substituents is 1. The van der Waals surface area contributed by atoms with E-state index >= 15 is 0 Å². The summed E-state index contributed by atoms with van der Waals surface area (Å²) >= 11 is 0. The number of aromatic hydroxyl groups is 2. The second-order valence-corrected chi connectivity index (χ2v) is 6.87. The number of nitro groups is 1. The number of nitro benzene ring substituents is 1. The van der Waals surface area contributed by atoms with Gasteiger partial charge >= 0.3 is 0 Å². The highest BCUT2D eigenvalue weighted by molar-refractivity contribution is 5.69. The fourth-order valence-electron chi connectivity index (χ4n) is 2.76. The van der Waals surface area contributed by atoms with Crippen molar-refractivity contribution >= 4 is 5.69 Å². The molecule has 142 valence electrons. The summed E-state index contributed by atoms with van der Waals surface area (Å²) < 4.78 is 0. The van der Waals surface area contributed by atoms with Crippen molar-refractivity contribution in [1.82, 2.24) is 0 Å². The molecule has 0 atom stereocenters. The molecule has 0 fully saturated rings. The van der Waals surface area contributed by atoms with Crippen molar-refractivity contribution in [2.24, 2.45) is 0 Å². The Morgan fingerprint density at radius 2 is 1.59 bits per heavy atom. The first-order chi connectivity index (χ1) is 12.8. The first-order valence-electron chi connectivity index (χ1n) is 8.86. The second kappa shape index (κ2) is 9.03. The number of benzene rings is 2. The van der Waals surface area contributed by atoms with E-state index in [1.165, 1.54) is 23.3 Å². The molecule has 0 heterocycles. The summed E-state index contributed by atoms with van der Waals surface area (Å²) in [5.41, 5.74) is 4.25. The van der Waals surface area contributed by atoms with Crippen molar-refractivity contribution in [2.75, 3.05) is 0 Å². The SMILES string of the molecule is CC(C)=CCC/C(C)=C/Cc1c(O)cc(-c2ccc([N+](=O)[O-])cc2)cc1O. The van der Waals surface area contributed by atoms with E-state index in [0.29, 0.717) is 23.1 Å². The summed E-state index contributed by atoms with van der Waals surface area (Å²) in [6.07, 6.45) is 6.55. The van der Waals surface area contributed by atoms with Crippen LogP contribution in [0.2, 0.25) is 0 Å². The summed E-state index contributed by atoms with van der Waals surface area (Å²) in [5, 5.41) is 31.4. The van der Waals surface area contributed by atoms with Gasteiger partial charge in [-0.25, -0.2) is 0 Å². The van der Waals surface area contributed by atoms with E-state index < -0.39 is 4.92 Å². The molecule has 27 heavy (non-hydrogen) atoms. The Labute approximate surface area is 159 Å². The maximum Gasteiger partial charge on any atom is 0.269 e. The fraction of sp³-hybridized carbons (Fsp3) is 0.273. The van der Waals surface area contributed by atoms with E-state index in [4.69, 9.17) is 0 Å². The van der Waals surface area contributed by atoms with Gasteiger partial charge in [0, 0.05) is 17.7 Å². The minimum atomic E-state index is -0.464. The number of hydrogen-bond acceptors (Lipinski definition) is 4. The molecule has 0 bridgehead atoms. The molecule has 0 amide bonds. The normalized spacial score (nSPS) is 11.3. The van der Waals surface area contributed by atoms with E-state index in [2.05, 4.69) is 19.9 Å². The zero-order chi connectivity index (χ0) is 20.0. The molecule has 2 rings (SSSR count). The van der Waals surface area contributed by atoms with Crippen LogP contribution in [0.4, 0.5) is 5.69 Å². The Morgan fingerprint density at radius 1 is 1.00 bits per heavy atom. The molecule has 0 radical (unpaired) electrons. The first kappa shape index (κ1) is 20.2. The molecule has 2 aromatic rings. The molecule has 0 aliphatic heterocycles. The molecule has 0 aliphatic carbocycles. The summed E-state index contributed by atoms with van der Waals surface area (Å²) in [5.74, 6) is 0.0217. The Morgan fingerprint density at radius 3 is 2.11 bits per heavy atom. The predicted octanol–water partition coefficient (Wildman–Crippen LogP) is 5.91. The lowest BCUT2D eigenvalue weighted by molar-refractivity contribution is -0.384. The van der Waals surface area contributed by atoms with Gasteiger partial charge in [0.2, 0.25) is 0 Å². The van der Waals surface area contributed by atoms with Crippen LogP contribution in [-0.4, -0.2) is 15.1 Å². The van der Waals surface area contributed by atoms with Crippen molar-refractivity contribution in [3.8, 4) is 22.6 Å². The molecule has 5 nitrogen and oxygen atoms in total. The van der Waals surface area contributed by atoms with Crippen LogP contribution in [0.25, 0.3) is 11.1 Å². The van der Waals surface area contributed by atoms with Gasteiger partial charge in [0.05, 0.1) is 4.92 Å². The van der Waals surface area contributed by atoms with Crippen molar-refractivity contribution in [3.05, 3.63) is 75.4 Å². The van der Waals surface area contributed by atoms with Gasteiger partial charge in [-0.05, 0) is 75.4 Å². The molecule has 2 N–H and O–H groups in total. The summed E-state index contributed by atoms with van der Waals surface area (Å²) in [7, 11) is 0. The number of allylic oxidation sites excluding steroid dienone is 4. The third-order valence-corrected chi connectivity index (χ3v) is 4.36. The quantitative estimate of drug-likeness (QED) is 0.362. The number of phenolic OH excluding ortho intramolecular Hbond substituents is 2. The number of phenols is 2. The predicted molar refractivity (Wildman–Crippen MR) is 108 cm³/mol. The Balaban J connectivity index is 2.16. The molecule has 0 saturated carbocycles. The lowest BCUT2D eigenvalue weighted by atomic mass is 9.99. The number of rotatable bonds is 7. The van der Waals surface area contributed by atoms with E-state index in [9.17, 15) is 20.3 Å². The molecule has 0 aliphatic rings. The van der Waals surface area contributed by atoms with Crippen molar-refractivity contribution in [1.29, 1.82) is 0 Å². The molecule has 0 spiro atoms. The molecule has 0 saturated heterocycles. The highest BCUT2D eigenvalue weighted by Crippen LogP contribution is 2.35. The van der Waals surface area contributed by atoms with Gasteiger partial charge in [-0.3, -0.25) is 10.1 Å². The van der Waals surface area contributed by atoms with Gasteiger partial charge in [0.15, 0.2) is 0 Å². The summed E-state index contributed by atoms with van der Waals surface area (Å²) in [4.78, 5) is 10.3. The van der Waals surface area contributed by atoms with E-state index in [0.717, 1.165) is 12.8 Å². The third kappa shape index (κ3) is 5.71. The maximum atomic E-state index is 10.7. The van der Waals surface area contributed by atoms with Crippen molar-refractivity contribution in [3.63, 3.8) is 0 Å². The van der Waals surface area contributed by atoms with Crippen LogP contribution in [0.15, 0.2) is 59.7 Å². The topological polar surface area (TPSA) is 83.6 Å². The average molecular weight is 367 g/mol. The highest BCUT2D eigenvalue weighted by atomic mass is 16.6. The Bertz CT molecular complexity index is 853. The van der Waals surface area contributed by atoms with Gasteiger partial charge in [-0.15, -0.1) is 0 Å². The Kier molecular flexibility index (Phi) is 6.77. The minimum Gasteiger partial charge on any atom is -0.507 e. The van der Waals surface area contributed by atoms with Crippen LogP contribution >= 0.6 is 0 Å². The molecular weight excluding hydrogens is 342 g/mol. The number of hydrogen-bond donors (Lipinski definition) is 2. The molecular formula is C22H25NO4. The smallest absolute Gasteiger partial charge is 0.269 e. The van der Waals surface area contributed by atoms with E-state index in [1.807, 2.05) is 13.0 Å². The Hall–Kier alpha value is -3.08. The summed E-state index contributed by atoms with van der Waals surface area (Å²) in [6, 6.07) is 9.13. The lowest BCUT2D eigenvalue weighted by Crippen LogP contribution is -1.90. The minimum absolute atomic E-state index is 0.00228. The van der Waals surface area contributed by atoms with Crippen molar-refractivity contribution in [2.45, 2.75) is 40.0 Å². The van der Waals surface area contributed by atoms with Gasteiger partial charge in [0.1, 0.15) is 11.5 Å². The van der Waals surface area contributed by atoms with Crippen LogP contribution in [0.3, 0.4) is 0 Å². The van der Waals surface area contributed by atoms with E-state index in [-0.39, 0.29) is 17.2 Å². The maximum absolute atomic E-state index is 10.7. The summed E-state index contributed by atoms with van der Waals surface area (Å²) in [6.45, 7) is 6.18. The zero-order valence-corrected chi connectivity index (χ0v) is 15.9. The van der Waals surface area contributed by atoms with Crippen LogP contribution in [0.1, 0.15) is 39.2 Å². The van der Waals surface area contributed by atoms with Gasteiger partial charge in [0.25, 0.3) is 5.69 Å². The highest BCUT2D eigenvalue weighted by Gasteiger charge is 2.11. The first-order valence-corrected chi connectivity index (χ1v) is 8.86. The van der Waals surface area contributed by atoms with Crippen molar-refractivity contribution < 1.29 is 15.1 Å². The van der Waals surface area contributed by atoms with Gasteiger partial charge in [-0.2, -0.15) is 0 Å². The average Bonchev–Trinajstić information content (AvgIpc) is 2.60. The number of nitrogens with zero attached hydrogens (tertiary/aromatic N) is 1. The molecule has 2 aromatic carbocycles. The fourth-order valence-corrected chi connectivity index (χ4v) is 2.76. The lowest BCUT2D eigenvalue weighted by Gasteiger charge is -2.10. The largest absolute Gasteiger partial charge is 0.507 e. The van der Waals surface area contributed by atoms with Crippen LogP contribution in [0, 0.1) is 10.1 Å². The standard InChI is InChI=1S/C22H25NO4/c1-15(2)5-4-6-16(3)7-12-20-21(24)13-18(14-22(20)25)17-8-10-19(11-9-17)23(26)27/h5,7-11,13-14,24-25H,4,6,12H2,1-3H3/b16-7+. The van der Waals surface area contributed by atoms with Gasteiger partial charge < -0.3 is 10.2 Å². The second-order valence-electron chi connectivity index (χ2n) is 6.87. The van der Waals surface area contributed by atoms with Crippen LogP contribution in [0.5, 0.6) is 11.5 Å². The monoisotopic (exact) mass is 367 g/mol. The van der Waals surface area contributed by atoms with Gasteiger partial charge in [-0.1, -0.05) is 23.3 Å². The van der Waals surface area contributed by atoms with Crippen LogP contribution in [-0.2, 0) is 6.42 Å². The van der Waals surface area contributed by atoms with Crippen LogP contribution < -0.4 is 0 Å². The molecule has 0 aromatic heterocycles.